The molecule has 0 aliphatic heterocycles. The number of methoxy groups -OCH3 is 1. The number of halogens is 1. The summed E-state index contributed by atoms with van der Waals surface area (Å²) in [5, 5.41) is 2.75. The van der Waals surface area contributed by atoms with Crippen LogP contribution in [0.3, 0.4) is 0 Å². The molecule has 0 bridgehead atoms. The van der Waals surface area contributed by atoms with Crippen LogP contribution in [0.2, 0.25) is 0 Å². The molecule has 0 aromatic heterocycles. The standard InChI is InChI=1S/C13H18ClNO3/c1-10(9-15-13(16)7-8-14)18-12-6-4-3-5-11(12)17-2/h3-6,10H,7-9H2,1-2H3,(H,15,16). The fourth-order valence-corrected chi connectivity index (χ4v) is 1.58. The summed E-state index contributed by atoms with van der Waals surface area (Å²) in [6.45, 7) is 2.32. The lowest BCUT2D eigenvalue weighted by Gasteiger charge is -2.17. The minimum atomic E-state index is -0.138. The molecule has 0 heterocycles. The normalized spacial score (nSPS) is 11.7. The highest BCUT2D eigenvalue weighted by atomic mass is 35.5. The number of para-hydroxylation sites is 2. The first-order valence-corrected chi connectivity index (χ1v) is 6.33. The van der Waals surface area contributed by atoms with Gasteiger partial charge in [0.05, 0.1) is 13.7 Å². The number of rotatable bonds is 7. The zero-order chi connectivity index (χ0) is 13.4. The molecule has 100 valence electrons. The zero-order valence-electron chi connectivity index (χ0n) is 10.6. The summed E-state index contributed by atoms with van der Waals surface area (Å²) in [7, 11) is 1.59. The van der Waals surface area contributed by atoms with E-state index in [1.807, 2.05) is 31.2 Å². The molecule has 4 nitrogen and oxygen atoms in total. The van der Waals surface area contributed by atoms with E-state index in [1.165, 1.54) is 0 Å². The summed E-state index contributed by atoms with van der Waals surface area (Å²) >= 11 is 5.47. The second-order valence-electron chi connectivity index (χ2n) is 3.82. The number of carbonyl (C=O) groups excluding carboxylic acids is 1. The lowest BCUT2D eigenvalue weighted by atomic mass is 10.3. The molecule has 0 saturated heterocycles. The number of benzene rings is 1. The molecule has 0 radical (unpaired) electrons. The Labute approximate surface area is 112 Å². The first-order chi connectivity index (χ1) is 8.67. The quantitative estimate of drug-likeness (QED) is 0.774. The average molecular weight is 272 g/mol. The van der Waals surface area contributed by atoms with Crippen LogP contribution in [-0.2, 0) is 4.79 Å². The summed E-state index contributed by atoms with van der Waals surface area (Å²) in [5.74, 6) is 1.60. The largest absolute Gasteiger partial charge is 0.493 e. The number of amides is 1. The Bertz CT molecular complexity index is 384. The van der Waals surface area contributed by atoms with Gasteiger partial charge in [0.15, 0.2) is 11.5 Å². The summed E-state index contributed by atoms with van der Waals surface area (Å²) in [6, 6.07) is 7.40. The monoisotopic (exact) mass is 271 g/mol. The molecule has 1 aromatic rings. The maximum absolute atomic E-state index is 11.2. The molecule has 5 heteroatoms. The fraction of sp³-hybridized carbons (Fsp3) is 0.462. The van der Waals surface area contributed by atoms with Crippen molar-refractivity contribution in [3.8, 4) is 11.5 Å². The van der Waals surface area contributed by atoms with Crippen molar-refractivity contribution in [3.63, 3.8) is 0 Å². The molecule has 1 rings (SSSR count). The van der Waals surface area contributed by atoms with Crippen LogP contribution >= 0.6 is 11.6 Å². The predicted octanol–water partition coefficient (Wildman–Crippen LogP) is 2.21. The van der Waals surface area contributed by atoms with Crippen molar-refractivity contribution in [3.05, 3.63) is 24.3 Å². The Morgan fingerprint density at radius 2 is 2.06 bits per heavy atom. The van der Waals surface area contributed by atoms with E-state index in [-0.39, 0.29) is 12.0 Å². The number of ether oxygens (including phenoxy) is 2. The second kappa shape index (κ2) is 7.82. The molecule has 0 fully saturated rings. The van der Waals surface area contributed by atoms with Gasteiger partial charge in [0.25, 0.3) is 0 Å². The molecule has 1 N–H and O–H groups in total. The van der Waals surface area contributed by atoms with Crippen molar-refractivity contribution in [1.82, 2.24) is 5.32 Å². The van der Waals surface area contributed by atoms with Gasteiger partial charge in [-0.1, -0.05) is 12.1 Å². The summed E-state index contributed by atoms with van der Waals surface area (Å²) in [4.78, 5) is 11.2. The minimum Gasteiger partial charge on any atom is -0.493 e. The van der Waals surface area contributed by atoms with Crippen LogP contribution < -0.4 is 14.8 Å². The van der Waals surface area contributed by atoms with Gasteiger partial charge < -0.3 is 14.8 Å². The molecule has 1 aromatic carbocycles. The van der Waals surface area contributed by atoms with Crippen LogP contribution in [-0.4, -0.2) is 31.5 Å². The third-order valence-electron chi connectivity index (χ3n) is 2.31. The van der Waals surface area contributed by atoms with E-state index in [0.29, 0.717) is 30.3 Å². The summed E-state index contributed by atoms with van der Waals surface area (Å²) in [5.41, 5.74) is 0. The van der Waals surface area contributed by atoms with Gasteiger partial charge in [0.2, 0.25) is 5.91 Å². The van der Waals surface area contributed by atoms with Crippen molar-refractivity contribution in [2.45, 2.75) is 19.4 Å². The minimum absolute atomic E-state index is 0.0690. The predicted molar refractivity (Wildman–Crippen MR) is 71.4 cm³/mol. The van der Waals surface area contributed by atoms with Crippen LogP contribution in [0.5, 0.6) is 11.5 Å². The van der Waals surface area contributed by atoms with Gasteiger partial charge in [-0.05, 0) is 19.1 Å². The Hall–Kier alpha value is -1.42. The number of carbonyl (C=O) groups is 1. The van der Waals surface area contributed by atoms with Crippen LogP contribution in [0, 0.1) is 0 Å². The van der Waals surface area contributed by atoms with E-state index in [1.54, 1.807) is 7.11 Å². The SMILES string of the molecule is COc1ccccc1OC(C)CNC(=O)CCCl. The van der Waals surface area contributed by atoms with E-state index in [2.05, 4.69) is 5.32 Å². The first-order valence-electron chi connectivity index (χ1n) is 5.79. The third kappa shape index (κ3) is 4.84. The molecule has 0 aliphatic carbocycles. The number of nitrogens with one attached hydrogen (secondary N) is 1. The average Bonchev–Trinajstić information content (AvgIpc) is 2.37. The van der Waals surface area contributed by atoms with Gasteiger partial charge in [-0.15, -0.1) is 11.6 Å². The smallest absolute Gasteiger partial charge is 0.221 e. The topological polar surface area (TPSA) is 47.6 Å². The Kier molecular flexibility index (Phi) is 6.36. The van der Waals surface area contributed by atoms with Gasteiger partial charge in [0.1, 0.15) is 6.10 Å². The van der Waals surface area contributed by atoms with E-state index < -0.39 is 0 Å². The molecular weight excluding hydrogens is 254 g/mol. The highest BCUT2D eigenvalue weighted by Gasteiger charge is 2.09. The van der Waals surface area contributed by atoms with Crippen LogP contribution in [0.4, 0.5) is 0 Å². The number of hydrogen-bond acceptors (Lipinski definition) is 3. The summed E-state index contributed by atoms with van der Waals surface area (Å²) < 4.78 is 10.9. The highest BCUT2D eigenvalue weighted by molar-refractivity contribution is 6.18. The molecule has 18 heavy (non-hydrogen) atoms. The van der Waals surface area contributed by atoms with E-state index >= 15 is 0 Å². The van der Waals surface area contributed by atoms with Crippen LogP contribution in [0.1, 0.15) is 13.3 Å². The maximum Gasteiger partial charge on any atom is 0.221 e. The van der Waals surface area contributed by atoms with Gasteiger partial charge in [-0.2, -0.15) is 0 Å². The van der Waals surface area contributed by atoms with Gasteiger partial charge in [-0.25, -0.2) is 0 Å². The van der Waals surface area contributed by atoms with Crippen molar-refractivity contribution in [2.75, 3.05) is 19.5 Å². The van der Waals surface area contributed by atoms with E-state index in [4.69, 9.17) is 21.1 Å². The van der Waals surface area contributed by atoms with Crippen molar-refractivity contribution < 1.29 is 14.3 Å². The van der Waals surface area contributed by atoms with Crippen molar-refractivity contribution >= 4 is 17.5 Å². The lowest BCUT2D eigenvalue weighted by Crippen LogP contribution is -2.33. The Morgan fingerprint density at radius 3 is 2.67 bits per heavy atom. The summed E-state index contributed by atoms with van der Waals surface area (Å²) in [6.07, 6.45) is 0.184. The van der Waals surface area contributed by atoms with Gasteiger partial charge in [-0.3, -0.25) is 4.79 Å². The third-order valence-corrected chi connectivity index (χ3v) is 2.49. The van der Waals surface area contributed by atoms with Crippen molar-refractivity contribution in [2.24, 2.45) is 0 Å². The molecule has 1 unspecified atom stereocenters. The number of hydrogen-bond donors (Lipinski definition) is 1. The van der Waals surface area contributed by atoms with Gasteiger partial charge in [0, 0.05) is 12.3 Å². The Balaban J connectivity index is 2.44. The Morgan fingerprint density at radius 1 is 1.39 bits per heavy atom. The molecule has 1 amide bonds. The van der Waals surface area contributed by atoms with Crippen LogP contribution in [0.25, 0.3) is 0 Å². The molecule has 0 aliphatic rings. The van der Waals surface area contributed by atoms with E-state index in [0.717, 1.165) is 0 Å². The maximum atomic E-state index is 11.2. The molecule has 0 spiro atoms. The lowest BCUT2D eigenvalue weighted by molar-refractivity contribution is -0.121. The van der Waals surface area contributed by atoms with Gasteiger partial charge >= 0.3 is 0 Å². The molecule has 0 saturated carbocycles. The fourth-order valence-electron chi connectivity index (χ4n) is 1.41. The highest BCUT2D eigenvalue weighted by Crippen LogP contribution is 2.26. The molecular formula is C13H18ClNO3. The van der Waals surface area contributed by atoms with Crippen molar-refractivity contribution in [1.29, 1.82) is 0 Å². The first kappa shape index (κ1) is 14.6. The molecule has 1 atom stereocenters. The second-order valence-corrected chi connectivity index (χ2v) is 4.20. The number of alkyl halides is 1. The zero-order valence-corrected chi connectivity index (χ0v) is 11.4. The van der Waals surface area contributed by atoms with E-state index in [9.17, 15) is 4.79 Å². The van der Waals surface area contributed by atoms with Crippen LogP contribution in [0.15, 0.2) is 24.3 Å².